The van der Waals surface area contributed by atoms with Crippen molar-refractivity contribution in [3.63, 3.8) is 0 Å². The molecule has 0 aliphatic heterocycles. The van der Waals surface area contributed by atoms with Gasteiger partial charge in [0, 0.05) is 25.4 Å². The SMILES string of the molecule is Cc1cc(C)c(CP(c2ccccc2)c2ccccc2)c(C)c1COC(=O)CN(CCN(CC(=O)O)CC(=O)OCc1c(C)cc(C)c(CP(c2ccccc2)c2ccccc2)c1C)CC(=O)O. The Balaban J connectivity index is 1.09. The lowest BCUT2D eigenvalue weighted by Gasteiger charge is -2.25. The molecule has 0 amide bonds. The number of ether oxygens (including phenoxy) is 2. The predicted molar refractivity (Wildman–Crippen MR) is 275 cm³/mol. The highest BCUT2D eigenvalue weighted by atomic mass is 31.1. The van der Waals surface area contributed by atoms with E-state index >= 15 is 0 Å². The van der Waals surface area contributed by atoms with Crippen LogP contribution < -0.4 is 21.2 Å². The first-order valence-corrected chi connectivity index (χ1v) is 25.9. The van der Waals surface area contributed by atoms with Gasteiger partial charge in [0.25, 0.3) is 0 Å². The maximum absolute atomic E-state index is 13.4. The Bertz CT molecular complexity index is 2400. The molecule has 0 saturated carbocycles. The van der Waals surface area contributed by atoms with Crippen LogP contribution in [0.3, 0.4) is 0 Å². The lowest BCUT2D eigenvalue weighted by molar-refractivity contribution is -0.150. The first-order valence-electron chi connectivity index (χ1n) is 22.8. The molecule has 6 aromatic rings. The van der Waals surface area contributed by atoms with Crippen molar-refractivity contribution in [1.82, 2.24) is 9.80 Å². The number of carbonyl (C=O) groups excluding carboxylic acids is 2. The molecule has 0 fully saturated rings. The molecule has 0 bridgehead atoms. The van der Waals surface area contributed by atoms with Gasteiger partial charge in [0.2, 0.25) is 0 Å². The Labute approximate surface area is 403 Å². The smallest absolute Gasteiger partial charge is 0.320 e. The highest BCUT2D eigenvalue weighted by Crippen LogP contribution is 2.42. The molecule has 0 unspecified atom stereocenters. The van der Waals surface area contributed by atoms with Gasteiger partial charge in [0.15, 0.2) is 0 Å². The number of rotatable bonds is 23. The third-order valence-corrected chi connectivity index (χ3v) is 17.3. The van der Waals surface area contributed by atoms with E-state index in [-0.39, 0.29) is 39.4 Å². The molecule has 0 saturated heterocycles. The highest BCUT2D eigenvalue weighted by molar-refractivity contribution is 7.72. The topological polar surface area (TPSA) is 134 Å². The Hall–Kier alpha value is -6.02. The van der Waals surface area contributed by atoms with E-state index in [9.17, 15) is 29.4 Å². The van der Waals surface area contributed by atoms with Gasteiger partial charge in [-0.2, -0.15) is 0 Å². The highest BCUT2D eigenvalue weighted by Gasteiger charge is 2.24. The largest absolute Gasteiger partial charge is 0.480 e. The number of carboxylic acids is 2. The van der Waals surface area contributed by atoms with E-state index in [1.54, 1.807) is 0 Å². The number of carbonyl (C=O) groups is 4. The van der Waals surface area contributed by atoms with Crippen LogP contribution in [0.5, 0.6) is 0 Å². The van der Waals surface area contributed by atoms with Gasteiger partial charge in [-0.3, -0.25) is 29.0 Å². The zero-order valence-electron chi connectivity index (χ0n) is 39.9. The summed E-state index contributed by atoms with van der Waals surface area (Å²) in [6.45, 7) is 10.7. The van der Waals surface area contributed by atoms with Crippen molar-refractivity contribution in [3.8, 4) is 0 Å². The fourth-order valence-electron chi connectivity index (χ4n) is 8.74. The van der Waals surface area contributed by atoms with Crippen LogP contribution in [0.2, 0.25) is 0 Å². The number of hydrogen-bond acceptors (Lipinski definition) is 8. The lowest BCUT2D eigenvalue weighted by Crippen LogP contribution is -2.43. The van der Waals surface area contributed by atoms with Crippen molar-refractivity contribution in [2.45, 2.75) is 67.1 Å². The molecule has 12 heteroatoms. The van der Waals surface area contributed by atoms with Crippen LogP contribution in [0.1, 0.15) is 55.6 Å². The summed E-state index contributed by atoms with van der Waals surface area (Å²) in [5.41, 5.74) is 10.7. The summed E-state index contributed by atoms with van der Waals surface area (Å²) in [6, 6.07) is 46.3. The fourth-order valence-corrected chi connectivity index (χ4v) is 13.8. The first-order chi connectivity index (χ1) is 32.7. The molecule has 0 aliphatic rings. The number of carboxylic acid groups (broad SMARTS) is 2. The summed E-state index contributed by atoms with van der Waals surface area (Å²) in [5, 5.41) is 24.6. The molecular formula is C56H62N2O8P2. The van der Waals surface area contributed by atoms with Crippen LogP contribution in [0.25, 0.3) is 0 Å². The Kier molecular flexibility index (Phi) is 18.8. The van der Waals surface area contributed by atoms with Crippen molar-refractivity contribution < 1.29 is 38.9 Å². The maximum Gasteiger partial charge on any atom is 0.320 e. The van der Waals surface area contributed by atoms with Crippen molar-refractivity contribution in [2.75, 3.05) is 39.3 Å². The number of nitrogens with zero attached hydrogens (tertiary/aromatic N) is 2. The van der Waals surface area contributed by atoms with E-state index in [4.69, 9.17) is 9.47 Å². The second-order valence-corrected chi connectivity index (χ2v) is 21.6. The molecule has 10 nitrogen and oxygen atoms in total. The Morgan fingerprint density at radius 2 is 0.706 bits per heavy atom. The van der Waals surface area contributed by atoms with Crippen LogP contribution in [0.4, 0.5) is 0 Å². The fraction of sp³-hybridized carbons (Fsp3) is 0.286. The number of esters is 2. The van der Waals surface area contributed by atoms with Crippen molar-refractivity contribution in [1.29, 1.82) is 0 Å². The molecule has 0 atom stereocenters. The van der Waals surface area contributed by atoms with Gasteiger partial charge < -0.3 is 19.7 Å². The van der Waals surface area contributed by atoms with Gasteiger partial charge in [0.05, 0.1) is 26.2 Å². The van der Waals surface area contributed by atoms with Gasteiger partial charge in [-0.05, 0) is 134 Å². The maximum atomic E-state index is 13.4. The molecule has 68 heavy (non-hydrogen) atoms. The summed E-state index contributed by atoms with van der Waals surface area (Å²) >= 11 is 0. The van der Waals surface area contributed by atoms with Gasteiger partial charge in [-0.15, -0.1) is 0 Å². The third-order valence-electron chi connectivity index (χ3n) is 12.4. The van der Waals surface area contributed by atoms with Crippen LogP contribution in [0, 0.1) is 41.5 Å². The van der Waals surface area contributed by atoms with Crippen LogP contribution in [-0.4, -0.2) is 83.2 Å². The summed E-state index contributed by atoms with van der Waals surface area (Å²) in [4.78, 5) is 53.6. The van der Waals surface area contributed by atoms with Crippen LogP contribution in [0.15, 0.2) is 133 Å². The van der Waals surface area contributed by atoms with Crippen molar-refractivity contribution in [3.05, 3.63) is 189 Å². The molecule has 6 rings (SSSR count). The standard InChI is InChI=1S/C56H62N2O8P2/c1-39-29-41(3)51(37-67(45-19-11-7-12-20-45)46-21-13-8-14-22-46)43(5)49(39)35-65-55(63)33-57(31-53(59)60)27-28-58(32-54(61)62)34-56(64)66-36-50-40(2)30-42(4)52(44(50)6)38-68(47-23-15-9-16-24-47)48-25-17-10-18-26-48/h7-26,29-30H,27-28,31-38H2,1-6H3,(H,59,60)(H,61,62). The zero-order valence-corrected chi connectivity index (χ0v) is 41.7. The van der Waals surface area contributed by atoms with E-state index in [0.717, 1.165) is 45.7 Å². The molecule has 0 spiro atoms. The lowest BCUT2D eigenvalue weighted by atomic mass is 9.95. The monoisotopic (exact) mass is 952 g/mol. The number of aryl methyl sites for hydroxylation is 4. The van der Waals surface area contributed by atoms with Gasteiger partial charge in [0.1, 0.15) is 13.2 Å². The number of aliphatic carboxylic acids is 2. The van der Waals surface area contributed by atoms with Crippen LogP contribution >= 0.6 is 15.8 Å². The summed E-state index contributed by atoms with van der Waals surface area (Å²) in [5.74, 6) is -3.55. The van der Waals surface area contributed by atoms with Crippen LogP contribution in [-0.2, 0) is 54.2 Å². The molecule has 0 aliphatic carbocycles. The molecular weight excluding hydrogens is 891 g/mol. The average Bonchev–Trinajstić information content (AvgIpc) is 3.31. The van der Waals surface area contributed by atoms with E-state index < -0.39 is 52.8 Å². The summed E-state index contributed by atoms with van der Waals surface area (Å²) in [7, 11) is -1.44. The second kappa shape index (κ2) is 24.8. The minimum atomic E-state index is -1.16. The van der Waals surface area contributed by atoms with E-state index in [1.807, 2.05) is 38.1 Å². The summed E-state index contributed by atoms with van der Waals surface area (Å²) in [6.07, 6.45) is 1.62. The van der Waals surface area contributed by atoms with Gasteiger partial charge >= 0.3 is 23.9 Å². The normalized spacial score (nSPS) is 11.4. The predicted octanol–water partition coefficient (Wildman–Crippen LogP) is 8.36. The molecule has 2 N–H and O–H groups in total. The Morgan fingerprint density at radius 1 is 0.426 bits per heavy atom. The molecule has 0 heterocycles. The zero-order chi connectivity index (χ0) is 48.7. The molecule has 354 valence electrons. The van der Waals surface area contributed by atoms with Crippen molar-refractivity contribution >= 4 is 60.9 Å². The average molecular weight is 953 g/mol. The number of benzene rings is 6. The molecule has 0 radical (unpaired) electrons. The quantitative estimate of drug-likeness (QED) is 0.0477. The molecule has 6 aromatic carbocycles. The first kappa shape index (κ1) is 51.4. The van der Waals surface area contributed by atoms with E-state index in [1.165, 1.54) is 53.3 Å². The summed E-state index contributed by atoms with van der Waals surface area (Å²) < 4.78 is 11.7. The van der Waals surface area contributed by atoms with Gasteiger partial charge in [-0.25, -0.2) is 0 Å². The minimum Gasteiger partial charge on any atom is -0.480 e. The Morgan fingerprint density at radius 3 is 0.985 bits per heavy atom. The third kappa shape index (κ3) is 14.3. The van der Waals surface area contributed by atoms with Crippen molar-refractivity contribution in [2.24, 2.45) is 0 Å². The second-order valence-electron chi connectivity index (χ2n) is 17.2. The van der Waals surface area contributed by atoms with Gasteiger partial charge in [-0.1, -0.05) is 133 Å². The molecule has 0 aromatic heterocycles. The van der Waals surface area contributed by atoms with E-state index in [2.05, 4.69) is 137 Å². The number of hydrogen-bond donors (Lipinski definition) is 2. The van der Waals surface area contributed by atoms with E-state index in [0.29, 0.717) is 0 Å². The minimum absolute atomic E-state index is 0.0113.